The molecule has 2 aromatic heterocycles. The Kier molecular flexibility index (Phi) is 4.75. The minimum Gasteiger partial charge on any atom is -0.384 e. The first kappa shape index (κ1) is 14.5. The molecule has 1 unspecified atom stereocenters. The van der Waals surface area contributed by atoms with Gasteiger partial charge in [0.05, 0.1) is 24.0 Å². The fraction of sp³-hybridized carbons (Fsp3) is 0.538. The predicted octanol–water partition coefficient (Wildman–Crippen LogP) is 1.30. The number of nitrogens with two attached hydrogens (primary N) is 2. The van der Waals surface area contributed by atoms with Crippen LogP contribution in [0.15, 0.2) is 18.5 Å². The minimum absolute atomic E-state index is 0.0983. The molecule has 6 N–H and O–H groups in total. The molecule has 0 bridgehead atoms. The Bertz CT molecular complexity index is 526. The number of hydrogen-bond acceptors (Lipinski definition) is 5. The van der Waals surface area contributed by atoms with Crippen molar-refractivity contribution in [3.05, 3.63) is 29.7 Å². The molecule has 0 fully saturated rings. The summed E-state index contributed by atoms with van der Waals surface area (Å²) < 4.78 is 2.03. The molecule has 0 spiro atoms. The molecule has 7 heteroatoms. The third-order valence-corrected chi connectivity index (χ3v) is 3.67. The van der Waals surface area contributed by atoms with Crippen LogP contribution in [-0.2, 0) is 6.42 Å². The summed E-state index contributed by atoms with van der Waals surface area (Å²) in [4.78, 5) is 0. The van der Waals surface area contributed by atoms with E-state index < -0.39 is 0 Å². The summed E-state index contributed by atoms with van der Waals surface area (Å²) >= 11 is 0. The van der Waals surface area contributed by atoms with Gasteiger partial charge in [-0.05, 0) is 18.9 Å². The second kappa shape index (κ2) is 6.53. The van der Waals surface area contributed by atoms with E-state index >= 15 is 0 Å². The van der Waals surface area contributed by atoms with Gasteiger partial charge in [0.25, 0.3) is 0 Å². The van der Waals surface area contributed by atoms with Crippen LogP contribution < -0.4 is 17.0 Å². The molecule has 2 rings (SSSR count). The molecule has 0 radical (unpaired) electrons. The van der Waals surface area contributed by atoms with Gasteiger partial charge in [-0.2, -0.15) is 10.2 Å². The molecule has 0 saturated heterocycles. The molecule has 0 aliphatic carbocycles. The summed E-state index contributed by atoms with van der Waals surface area (Å²) in [5, 5.41) is 11.3. The maximum absolute atomic E-state index is 5.83. The second-order valence-corrected chi connectivity index (χ2v) is 4.92. The highest BCUT2D eigenvalue weighted by Gasteiger charge is 2.17. The van der Waals surface area contributed by atoms with Crippen molar-refractivity contribution in [2.45, 2.75) is 45.2 Å². The standard InChI is InChI=1S/C13H23N7/c1-3-10(4-2)20-6-5-9(19-20)7-12(17-15)11-8-16-18-13(11)14/h5-6,8,10,12,17H,3-4,7,15H2,1-2H3,(H3,14,16,18). The fourth-order valence-corrected chi connectivity index (χ4v) is 2.40. The van der Waals surface area contributed by atoms with E-state index in [0.29, 0.717) is 18.3 Å². The Morgan fingerprint density at radius 1 is 1.40 bits per heavy atom. The van der Waals surface area contributed by atoms with E-state index in [1.807, 2.05) is 16.9 Å². The van der Waals surface area contributed by atoms with E-state index in [9.17, 15) is 0 Å². The Hall–Kier alpha value is -1.86. The smallest absolute Gasteiger partial charge is 0.123 e. The van der Waals surface area contributed by atoms with Crippen molar-refractivity contribution in [3.8, 4) is 0 Å². The second-order valence-electron chi connectivity index (χ2n) is 4.92. The number of nitrogens with one attached hydrogen (secondary N) is 2. The number of H-pyrrole nitrogens is 1. The van der Waals surface area contributed by atoms with Crippen LogP contribution in [0.5, 0.6) is 0 Å². The van der Waals surface area contributed by atoms with Crippen molar-refractivity contribution < 1.29 is 0 Å². The molecule has 2 heterocycles. The number of aromatic amines is 1. The molecule has 2 aromatic rings. The third kappa shape index (κ3) is 3.00. The van der Waals surface area contributed by atoms with Crippen LogP contribution in [0, 0.1) is 0 Å². The summed E-state index contributed by atoms with van der Waals surface area (Å²) in [6.45, 7) is 4.35. The van der Waals surface area contributed by atoms with Crippen LogP contribution in [0.4, 0.5) is 5.82 Å². The zero-order valence-electron chi connectivity index (χ0n) is 12.0. The highest BCUT2D eigenvalue weighted by atomic mass is 15.3. The van der Waals surface area contributed by atoms with Crippen molar-refractivity contribution in [3.63, 3.8) is 0 Å². The fourth-order valence-electron chi connectivity index (χ4n) is 2.40. The van der Waals surface area contributed by atoms with Gasteiger partial charge >= 0.3 is 0 Å². The summed E-state index contributed by atoms with van der Waals surface area (Å²) in [6.07, 6.45) is 6.54. The quantitative estimate of drug-likeness (QED) is 0.450. The zero-order valence-corrected chi connectivity index (χ0v) is 12.0. The SMILES string of the molecule is CCC(CC)n1ccc(CC(NN)c2cn[nH]c2N)n1. The van der Waals surface area contributed by atoms with Crippen molar-refractivity contribution in [1.29, 1.82) is 0 Å². The van der Waals surface area contributed by atoms with E-state index in [1.165, 1.54) is 0 Å². The molecule has 1 atom stereocenters. The largest absolute Gasteiger partial charge is 0.384 e. The van der Waals surface area contributed by atoms with Crippen LogP contribution in [-0.4, -0.2) is 20.0 Å². The summed E-state index contributed by atoms with van der Waals surface area (Å²) in [6, 6.07) is 2.38. The molecule has 20 heavy (non-hydrogen) atoms. The number of nitrogens with zero attached hydrogens (tertiary/aromatic N) is 3. The van der Waals surface area contributed by atoms with E-state index in [-0.39, 0.29) is 6.04 Å². The zero-order chi connectivity index (χ0) is 14.5. The highest BCUT2D eigenvalue weighted by Crippen LogP contribution is 2.21. The average molecular weight is 277 g/mol. The molecule has 0 aliphatic heterocycles. The Balaban J connectivity index is 2.11. The van der Waals surface area contributed by atoms with Gasteiger partial charge in [-0.15, -0.1) is 0 Å². The minimum atomic E-state index is -0.0983. The first-order valence-electron chi connectivity index (χ1n) is 6.98. The summed E-state index contributed by atoms with van der Waals surface area (Å²) in [5.41, 5.74) is 10.5. The molecule has 0 aromatic carbocycles. The van der Waals surface area contributed by atoms with Crippen LogP contribution in [0.2, 0.25) is 0 Å². The lowest BCUT2D eigenvalue weighted by molar-refractivity contribution is 0.422. The van der Waals surface area contributed by atoms with Crippen molar-refractivity contribution >= 4 is 5.82 Å². The lowest BCUT2D eigenvalue weighted by Gasteiger charge is -2.14. The number of nitrogen functional groups attached to an aromatic ring is 1. The number of hydrogen-bond donors (Lipinski definition) is 4. The van der Waals surface area contributed by atoms with Gasteiger partial charge in [0.2, 0.25) is 0 Å². The molecule has 0 amide bonds. The van der Waals surface area contributed by atoms with Gasteiger partial charge in [-0.25, -0.2) is 0 Å². The van der Waals surface area contributed by atoms with Gasteiger partial charge in [0.1, 0.15) is 5.82 Å². The first-order valence-corrected chi connectivity index (χ1v) is 6.98. The first-order chi connectivity index (χ1) is 9.69. The number of aromatic nitrogens is 4. The third-order valence-electron chi connectivity index (χ3n) is 3.67. The monoisotopic (exact) mass is 277 g/mol. The number of anilines is 1. The number of rotatable bonds is 7. The van der Waals surface area contributed by atoms with Gasteiger partial charge in [0, 0.05) is 18.2 Å². The van der Waals surface area contributed by atoms with E-state index in [0.717, 1.165) is 24.1 Å². The summed E-state index contributed by atoms with van der Waals surface area (Å²) in [7, 11) is 0. The number of hydrazine groups is 1. The van der Waals surface area contributed by atoms with Crippen LogP contribution in [0.25, 0.3) is 0 Å². The van der Waals surface area contributed by atoms with E-state index in [4.69, 9.17) is 11.6 Å². The predicted molar refractivity (Wildman–Crippen MR) is 78.6 cm³/mol. The van der Waals surface area contributed by atoms with E-state index in [2.05, 4.69) is 34.6 Å². The lowest BCUT2D eigenvalue weighted by atomic mass is 10.1. The van der Waals surface area contributed by atoms with Gasteiger partial charge < -0.3 is 5.73 Å². The highest BCUT2D eigenvalue weighted by molar-refractivity contribution is 5.39. The van der Waals surface area contributed by atoms with Crippen LogP contribution >= 0.6 is 0 Å². The van der Waals surface area contributed by atoms with Gasteiger partial charge in [-0.3, -0.25) is 21.0 Å². The van der Waals surface area contributed by atoms with Crippen molar-refractivity contribution in [2.75, 3.05) is 5.73 Å². The summed E-state index contributed by atoms with van der Waals surface area (Å²) in [5.74, 6) is 6.15. The normalized spacial score (nSPS) is 13.0. The van der Waals surface area contributed by atoms with Crippen LogP contribution in [0.1, 0.15) is 50.0 Å². The molecular weight excluding hydrogens is 254 g/mol. The molecule has 0 aliphatic rings. The van der Waals surface area contributed by atoms with Gasteiger partial charge in [-0.1, -0.05) is 13.8 Å². The van der Waals surface area contributed by atoms with Crippen molar-refractivity contribution in [1.82, 2.24) is 25.4 Å². The molecular formula is C13H23N7. The Labute approximate surface area is 118 Å². The van der Waals surface area contributed by atoms with E-state index in [1.54, 1.807) is 6.20 Å². The molecule has 7 nitrogen and oxygen atoms in total. The van der Waals surface area contributed by atoms with Crippen LogP contribution in [0.3, 0.4) is 0 Å². The average Bonchev–Trinajstić information content (AvgIpc) is 3.07. The van der Waals surface area contributed by atoms with Gasteiger partial charge in [0.15, 0.2) is 0 Å². The maximum Gasteiger partial charge on any atom is 0.123 e. The Morgan fingerprint density at radius 2 is 2.15 bits per heavy atom. The van der Waals surface area contributed by atoms with Crippen molar-refractivity contribution in [2.24, 2.45) is 5.84 Å². The molecule has 0 saturated carbocycles. The topological polar surface area (TPSA) is 111 Å². The maximum atomic E-state index is 5.83. The molecule has 110 valence electrons. The lowest BCUT2D eigenvalue weighted by Crippen LogP contribution is -2.30. The Morgan fingerprint density at radius 3 is 2.70 bits per heavy atom.